The first kappa shape index (κ1) is 25.7. The van der Waals surface area contributed by atoms with E-state index in [4.69, 9.17) is 14.7 Å². The normalized spacial score (nSPS) is 35.9. The molecule has 6 fully saturated rings. The molecule has 6 aliphatic carbocycles. The summed E-state index contributed by atoms with van der Waals surface area (Å²) in [6.07, 6.45) is 4.60. The summed E-state index contributed by atoms with van der Waals surface area (Å²) in [4.78, 5) is 35.0. The number of fused-ring (bicyclic) bond motifs is 4. The summed E-state index contributed by atoms with van der Waals surface area (Å²) in [5.74, 6) is 1.69. The lowest BCUT2D eigenvalue weighted by Gasteiger charge is -2.58. The summed E-state index contributed by atoms with van der Waals surface area (Å²) in [6.45, 7) is 13.2. The zero-order valence-electron chi connectivity index (χ0n) is 21.1. The van der Waals surface area contributed by atoms with E-state index >= 15 is 0 Å². The van der Waals surface area contributed by atoms with Crippen molar-refractivity contribution >= 4 is 23.4 Å². The Labute approximate surface area is 197 Å². The van der Waals surface area contributed by atoms with Crippen molar-refractivity contribution in [2.75, 3.05) is 13.2 Å². The van der Waals surface area contributed by atoms with Crippen LogP contribution in [0.5, 0.6) is 0 Å². The van der Waals surface area contributed by atoms with Crippen molar-refractivity contribution in [3.63, 3.8) is 0 Å². The molecule has 0 spiro atoms. The van der Waals surface area contributed by atoms with Gasteiger partial charge in [-0.1, -0.05) is 32.9 Å². The molecule has 6 rings (SSSR count). The Balaban J connectivity index is 0.000000186. The second-order valence-corrected chi connectivity index (χ2v) is 11.4. The minimum absolute atomic E-state index is 0.0733. The van der Waals surface area contributed by atoms with Crippen LogP contribution in [0.15, 0.2) is 5.16 Å². The molecule has 6 saturated carbocycles. The first-order chi connectivity index (χ1) is 15.5. The molecule has 6 atom stereocenters. The number of Topliss-reactive ketones (excluding diaryl/α,β-unsaturated/α-hetero) is 1. The van der Waals surface area contributed by atoms with Crippen LogP contribution in [0.2, 0.25) is 0 Å². The Morgan fingerprint density at radius 2 is 1.30 bits per heavy atom. The molecule has 0 aliphatic heterocycles. The molecule has 0 amide bonds. The van der Waals surface area contributed by atoms with E-state index in [2.05, 4.69) is 32.9 Å². The molecule has 0 aromatic heterocycles. The highest BCUT2D eigenvalue weighted by atomic mass is 16.5. The van der Waals surface area contributed by atoms with Crippen molar-refractivity contribution in [1.82, 2.24) is 0 Å². The van der Waals surface area contributed by atoms with Crippen molar-refractivity contribution in [3.05, 3.63) is 0 Å². The highest BCUT2D eigenvalue weighted by Crippen LogP contribution is 2.60. The maximum absolute atomic E-state index is 12.1. The highest BCUT2D eigenvalue weighted by molar-refractivity contribution is 5.94. The second kappa shape index (κ2) is 9.75. The molecular formula is C26H41NO6. The van der Waals surface area contributed by atoms with Gasteiger partial charge in [0.2, 0.25) is 0 Å². The van der Waals surface area contributed by atoms with Gasteiger partial charge in [0.25, 0.3) is 0 Å². The van der Waals surface area contributed by atoms with Crippen LogP contribution in [0.4, 0.5) is 0 Å². The van der Waals surface area contributed by atoms with Crippen LogP contribution < -0.4 is 0 Å². The number of rotatable bonds is 6. The van der Waals surface area contributed by atoms with Gasteiger partial charge in [-0.25, -0.2) is 0 Å². The largest absolute Gasteiger partial charge is 0.466 e. The first-order valence-corrected chi connectivity index (χ1v) is 12.5. The lowest BCUT2D eigenvalue weighted by atomic mass is 9.46. The Kier molecular flexibility index (Phi) is 7.59. The molecule has 1 unspecified atom stereocenters. The minimum Gasteiger partial charge on any atom is -0.466 e. The quantitative estimate of drug-likeness (QED) is 0.350. The number of nitrogens with zero attached hydrogens (tertiary/aromatic N) is 1. The summed E-state index contributed by atoms with van der Waals surface area (Å²) in [7, 11) is 0. The van der Waals surface area contributed by atoms with Gasteiger partial charge in [0.15, 0.2) is 0 Å². The highest BCUT2D eigenvalue weighted by Gasteiger charge is 2.58. The van der Waals surface area contributed by atoms with E-state index in [9.17, 15) is 14.4 Å². The van der Waals surface area contributed by atoms with Crippen LogP contribution in [-0.2, 0) is 23.9 Å². The molecule has 0 saturated heterocycles. The lowest BCUT2D eigenvalue weighted by Crippen LogP contribution is -2.56. The molecule has 6 aliphatic rings. The number of carbonyl (C=O) groups is 3. The van der Waals surface area contributed by atoms with Gasteiger partial charge < -0.3 is 14.7 Å². The van der Waals surface area contributed by atoms with Crippen molar-refractivity contribution in [2.45, 2.75) is 80.1 Å². The maximum Gasteiger partial charge on any atom is 0.306 e. The van der Waals surface area contributed by atoms with Crippen LogP contribution in [0, 0.1) is 46.3 Å². The minimum atomic E-state index is -0.222. The molecule has 0 radical (unpaired) electrons. The third-order valence-electron chi connectivity index (χ3n) is 9.15. The van der Waals surface area contributed by atoms with Gasteiger partial charge in [-0.05, 0) is 62.2 Å². The lowest BCUT2D eigenvalue weighted by molar-refractivity contribution is -0.162. The van der Waals surface area contributed by atoms with Gasteiger partial charge >= 0.3 is 11.9 Å². The van der Waals surface area contributed by atoms with Gasteiger partial charge in [-0.15, -0.1) is 0 Å². The number of hydrogen-bond acceptors (Lipinski definition) is 7. The number of hydrogen-bond donors (Lipinski definition) is 1. The zero-order chi connectivity index (χ0) is 24.6. The van der Waals surface area contributed by atoms with Crippen LogP contribution in [0.3, 0.4) is 0 Å². The van der Waals surface area contributed by atoms with E-state index < -0.39 is 0 Å². The molecule has 7 nitrogen and oxygen atoms in total. The summed E-state index contributed by atoms with van der Waals surface area (Å²) in [6, 6.07) is 0. The molecule has 4 bridgehead atoms. The fourth-order valence-corrected chi connectivity index (χ4v) is 6.67. The second-order valence-electron chi connectivity index (χ2n) is 11.4. The van der Waals surface area contributed by atoms with Crippen molar-refractivity contribution < 1.29 is 29.1 Å². The summed E-state index contributed by atoms with van der Waals surface area (Å²) < 4.78 is 9.87. The standard InChI is InChI=1S/C13H21NO3.C13H20O3/c1-4-17-11(15)6-8-5-9-7-10(12(8)14-16)13(9,2)3;1-4-16-11(14)6-8-5-9-7-10(12(8)15)13(9,2)3/h8-10,16H,4-7H2,1-3H3;8-10H,4-7H2,1-3H3/b14-12+;/t8?,9-,10-;8-,9+,10+/m01/s1. The average Bonchev–Trinajstić information content (AvgIpc) is 2.75. The van der Waals surface area contributed by atoms with E-state index in [1.54, 1.807) is 13.8 Å². The van der Waals surface area contributed by atoms with Crippen LogP contribution in [0.25, 0.3) is 0 Å². The summed E-state index contributed by atoms with van der Waals surface area (Å²) >= 11 is 0. The van der Waals surface area contributed by atoms with E-state index in [0.29, 0.717) is 43.2 Å². The van der Waals surface area contributed by atoms with Crippen LogP contribution >= 0.6 is 0 Å². The van der Waals surface area contributed by atoms with Crippen molar-refractivity contribution in [3.8, 4) is 0 Å². The number of esters is 2. The smallest absolute Gasteiger partial charge is 0.306 e. The van der Waals surface area contributed by atoms with E-state index in [1.165, 1.54) is 0 Å². The maximum atomic E-state index is 12.1. The predicted octanol–water partition coefficient (Wildman–Crippen LogP) is 4.64. The number of ketones is 1. The molecule has 186 valence electrons. The number of ether oxygens (including phenoxy) is 2. The topological polar surface area (TPSA) is 102 Å². The van der Waals surface area contributed by atoms with Crippen LogP contribution in [-0.4, -0.2) is 41.9 Å². The van der Waals surface area contributed by atoms with Gasteiger partial charge in [0, 0.05) is 23.7 Å². The molecular weight excluding hydrogens is 422 g/mol. The molecule has 1 N–H and O–H groups in total. The molecule has 7 heteroatoms. The molecule has 33 heavy (non-hydrogen) atoms. The predicted molar refractivity (Wildman–Crippen MR) is 124 cm³/mol. The number of oxime groups is 1. The van der Waals surface area contributed by atoms with Gasteiger partial charge in [0.1, 0.15) is 5.78 Å². The fraction of sp³-hybridized carbons (Fsp3) is 0.846. The summed E-state index contributed by atoms with van der Waals surface area (Å²) in [5.41, 5.74) is 1.21. The van der Waals surface area contributed by atoms with Crippen molar-refractivity contribution in [2.24, 2.45) is 51.5 Å². The Bertz CT molecular complexity index is 801. The third kappa shape index (κ3) is 4.83. The van der Waals surface area contributed by atoms with E-state index in [1.807, 2.05) is 0 Å². The Hall–Kier alpha value is -1.92. The van der Waals surface area contributed by atoms with Crippen LogP contribution in [0.1, 0.15) is 80.1 Å². The third-order valence-corrected chi connectivity index (χ3v) is 9.15. The summed E-state index contributed by atoms with van der Waals surface area (Å²) in [5, 5.41) is 12.6. The van der Waals surface area contributed by atoms with E-state index in [-0.39, 0.29) is 46.9 Å². The van der Waals surface area contributed by atoms with Gasteiger partial charge in [0.05, 0.1) is 31.8 Å². The molecule has 0 aromatic rings. The zero-order valence-corrected chi connectivity index (χ0v) is 21.1. The molecule has 0 aromatic carbocycles. The SMILES string of the molecule is CCOC(=O)CC1C[C@H]2C[C@@H](/C1=N/O)C2(C)C.CCOC(=O)C[C@H]1C[C@H]2C[C@@H](C1=O)C2(C)C. The first-order valence-electron chi connectivity index (χ1n) is 12.5. The molecule has 0 heterocycles. The van der Waals surface area contributed by atoms with Gasteiger partial charge in [-0.3, -0.25) is 14.4 Å². The Morgan fingerprint density at radius 1 is 0.848 bits per heavy atom. The van der Waals surface area contributed by atoms with E-state index in [0.717, 1.165) is 31.4 Å². The monoisotopic (exact) mass is 463 g/mol. The van der Waals surface area contributed by atoms with Crippen molar-refractivity contribution in [1.29, 1.82) is 0 Å². The average molecular weight is 464 g/mol. The van der Waals surface area contributed by atoms with Gasteiger partial charge in [-0.2, -0.15) is 0 Å². The number of carbonyl (C=O) groups excluding carboxylic acids is 3. The fourth-order valence-electron chi connectivity index (χ4n) is 6.67. The Morgan fingerprint density at radius 3 is 1.73 bits per heavy atom.